The summed E-state index contributed by atoms with van der Waals surface area (Å²) in [4.78, 5) is 0. The van der Waals surface area contributed by atoms with Crippen LogP contribution in [0.4, 0.5) is 5.69 Å². The molecule has 0 saturated heterocycles. The molecule has 2 unspecified atom stereocenters. The van der Waals surface area contributed by atoms with Gasteiger partial charge in [0.1, 0.15) is 5.75 Å². The van der Waals surface area contributed by atoms with Crippen LogP contribution in [0, 0.1) is 5.92 Å². The van der Waals surface area contributed by atoms with Crippen molar-refractivity contribution in [3.63, 3.8) is 0 Å². The molecule has 0 heterocycles. The molecule has 1 saturated carbocycles. The summed E-state index contributed by atoms with van der Waals surface area (Å²) in [6, 6.07) is 8.09. The van der Waals surface area contributed by atoms with Crippen molar-refractivity contribution in [1.29, 1.82) is 0 Å². The lowest BCUT2D eigenvalue weighted by atomic mass is 9.94. The zero-order valence-electron chi connectivity index (χ0n) is 11.4. The minimum Gasteiger partial charge on any atom is -0.497 e. The summed E-state index contributed by atoms with van der Waals surface area (Å²) in [5.74, 6) is 1.70. The summed E-state index contributed by atoms with van der Waals surface area (Å²) in [5, 5.41) is 3.64. The first-order chi connectivity index (χ1) is 8.71. The lowest BCUT2D eigenvalue weighted by Crippen LogP contribution is -2.43. The highest BCUT2D eigenvalue weighted by molar-refractivity contribution is 5.50. The van der Waals surface area contributed by atoms with Crippen molar-refractivity contribution in [2.45, 2.75) is 38.1 Å². The second-order valence-electron chi connectivity index (χ2n) is 5.36. The Hall–Kier alpha value is -1.22. The molecule has 1 aromatic carbocycles. The highest BCUT2D eigenvalue weighted by Gasteiger charge is 2.37. The van der Waals surface area contributed by atoms with Gasteiger partial charge in [-0.05, 0) is 37.3 Å². The molecule has 3 heteroatoms. The first kappa shape index (κ1) is 13.2. The molecule has 0 aromatic heterocycles. The van der Waals surface area contributed by atoms with Gasteiger partial charge in [0.15, 0.2) is 0 Å². The van der Waals surface area contributed by atoms with Crippen LogP contribution in [0.2, 0.25) is 0 Å². The highest BCUT2D eigenvalue weighted by atomic mass is 16.5. The van der Waals surface area contributed by atoms with Crippen LogP contribution in [0.3, 0.4) is 0 Å². The summed E-state index contributed by atoms with van der Waals surface area (Å²) in [5.41, 5.74) is 7.19. The third-order valence-electron chi connectivity index (χ3n) is 4.16. The van der Waals surface area contributed by atoms with Crippen molar-refractivity contribution >= 4 is 5.69 Å². The normalized spacial score (nSPS) is 27.2. The van der Waals surface area contributed by atoms with Gasteiger partial charge < -0.3 is 15.8 Å². The average molecular weight is 248 g/mol. The van der Waals surface area contributed by atoms with Gasteiger partial charge in [-0.3, -0.25) is 0 Å². The Labute approximate surface area is 110 Å². The minimum atomic E-state index is 0.0764. The van der Waals surface area contributed by atoms with E-state index in [0.717, 1.165) is 17.4 Å². The number of hydrogen-bond donors (Lipinski definition) is 2. The van der Waals surface area contributed by atoms with Gasteiger partial charge in [-0.1, -0.05) is 19.4 Å². The largest absolute Gasteiger partial charge is 0.497 e. The van der Waals surface area contributed by atoms with E-state index in [1.807, 2.05) is 18.2 Å². The number of ether oxygens (including phenoxy) is 1. The maximum Gasteiger partial charge on any atom is 0.120 e. The van der Waals surface area contributed by atoms with Crippen molar-refractivity contribution in [3.05, 3.63) is 24.3 Å². The molecular weight excluding hydrogens is 224 g/mol. The van der Waals surface area contributed by atoms with Gasteiger partial charge in [0.2, 0.25) is 0 Å². The van der Waals surface area contributed by atoms with Gasteiger partial charge in [-0.2, -0.15) is 0 Å². The summed E-state index contributed by atoms with van der Waals surface area (Å²) in [6.07, 6.45) is 4.88. The fourth-order valence-electron chi connectivity index (χ4n) is 2.94. The van der Waals surface area contributed by atoms with Crippen molar-refractivity contribution in [1.82, 2.24) is 0 Å². The Morgan fingerprint density at radius 3 is 2.94 bits per heavy atom. The van der Waals surface area contributed by atoms with Crippen molar-refractivity contribution in [2.75, 3.05) is 19.0 Å². The number of rotatable bonds is 5. The van der Waals surface area contributed by atoms with E-state index in [9.17, 15) is 0 Å². The Bertz CT molecular complexity index is 394. The van der Waals surface area contributed by atoms with E-state index in [1.165, 1.54) is 25.7 Å². The van der Waals surface area contributed by atoms with E-state index in [1.54, 1.807) is 7.11 Å². The molecule has 1 aliphatic rings. The summed E-state index contributed by atoms with van der Waals surface area (Å²) in [6.45, 7) is 2.96. The fraction of sp³-hybridized carbons (Fsp3) is 0.600. The van der Waals surface area contributed by atoms with Gasteiger partial charge in [0, 0.05) is 23.8 Å². The molecule has 1 aromatic rings. The van der Waals surface area contributed by atoms with Crippen LogP contribution < -0.4 is 15.8 Å². The number of nitrogens with two attached hydrogens (primary N) is 1. The molecule has 0 spiro atoms. The van der Waals surface area contributed by atoms with Crippen LogP contribution in [0.1, 0.15) is 32.6 Å². The van der Waals surface area contributed by atoms with E-state index in [2.05, 4.69) is 18.3 Å². The first-order valence-corrected chi connectivity index (χ1v) is 6.83. The number of benzene rings is 1. The maximum atomic E-state index is 6.01. The van der Waals surface area contributed by atoms with E-state index in [-0.39, 0.29) is 5.54 Å². The number of nitrogens with one attached hydrogen (secondary N) is 1. The lowest BCUT2D eigenvalue weighted by molar-refractivity contribution is 0.414. The number of methoxy groups -OCH3 is 1. The zero-order chi connectivity index (χ0) is 13.0. The molecule has 0 aliphatic heterocycles. The van der Waals surface area contributed by atoms with Gasteiger partial charge >= 0.3 is 0 Å². The highest BCUT2D eigenvalue weighted by Crippen LogP contribution is 2.38. The molecular formula is C15H24N2O. The van der Waals surface area contributed by atoms with Gasteiger partial charge in [-0.25, -0.2) is 0 Å². The standard InChI is InChI=1S/C15H24N2O/c1-3-12-7-8-15(10-12,11-16)17-13-5-4-6-14(9-13)18-2/h4-6,9,12,17H,3,7-8,10-11,16H2,1-2H3. The van der Waals surface area contributed by atoms with Gasteiger partial charge in [-0.15, -0.1) is 0 Å². The second-order valence-corrected chi connectivity index (χ2v) is 5.36. The van der Waals surface area contributed by atoms with E-state index >= 15 is 0 Å². The smallest absolute Gasteiger partial charge is 0.120 e. The molecule has 3 N–H and O–H groups in total. The SMILES string of the molecule is CCC1CCC(CN)(Nc2cccc(OC)c2)C1. The topological polar surface area (TPSA) is 47.3 Å². The molecule has 2 atom stereocenters. The van der Waals surface area contributed by atoms with E-state index < -0.39 is 0 Å². The van der Waals surface area contributed by atoms with Crippen LogP contribution in [-0.4, -0.2) is 19.2 Å². The average Bonchev–Trinajstić information content (AvgIpc) is 2.83. The fourth-order valence-corrected chi connectivity index (χ4v) is 2.94. The molecule has 0 bridgehead atoms. The Morgan fingerprint density at radius 1 is 1.50 bits per heavy atom. The Morgan fingerprint density at radius 2 is 2.33 bits per heavy atom. The summed E-state index contributed by atoms with van der Waals surface area (Å²) < 4.78 is 5.26. The maximum absolute atomic E-state index is 6.01. The van der Waals surface area contributed by atoms with Gasteiger partial charge in [0.05, 0.1) is 7.11 Å². The van der Waals surface area contributed by atoms with E-state index in [4.69, 9.17) is 10.5 Å². The summed E-state index contributed by atoms with van der Waals surface area (Å²) in [7, 11) is 1.69. The quantitative estimate of drug-likeness (QED) is 0.842. The Balaban J connectivity index is 2.10. The Kier molecular flexibility index (Phi) is 4.12. The van der Waals surface area contributed by atoms with Crippen LogP contribution >= 0.6 is 0 Å². The summed E-state index contributed by atoms with van der Waals surface area (Å²) >= 11 is 0. The third kappa shape index (κ3) is 2.78. The number of hydrogen-bond acceptors (Lipinski definition) is 3. The minimum absolute atomic E-state index is 0.0764. The molecule has 1 aliphatic carbocycles. The zero-order valence-corrected chi connectivity index (χ0v) is 11.4. The monoisotopic (exact) mass is 248 g/mol. The van der Waals surface area contributed by atoms with Crippen LogP contribution in [0.25, 0.3) is 0 Å². The molecule has 0 radical (unpaired) electrons. The first-order valence-electron chi connectivity index (χ1n) is 6.83. The van der Waals surface area contributed by atoms with Crippen LogP contribution in [-0.2, 0) is 0 Å². The van der Waals surface area contributed by atoms with Crippen LogP contribution in [0.15, 0.2) is 24.3 Å². The van der Waals surface area contributed by atoms with Gasteiger partial charge in [0.25, 0.3) is 0 Å². The molecule has 100 valence electrons. The van der Waals surface area contributed by atoms with E-state index in [0.29, 0.717) is 6.54 Å². The van der Waals surface area contributed by atoms with Crippen molar-refractivity contribution < 1.29 is 4.74 Å². The van der Waals surface area contributed by atoms with Crippen molar-refractivity contribution in [3.8, 4) is 5.75 Å². The number of anilines is 1. The third-order valence-corrected chi connectivity index (χ3v) is 4.16. The lowest BCUT2D eigenvalue weighted by Gasteiger charge is -2.30. The van der Waals surface area contributed by atoms with Crippen LogP contribution in [0.5, 0.6) is 5.75 Å². The molecule has 2 rings (SSSR count). The molecule has 3 nitrogen and oxygen atoms in total. The predicted octanol–water partition coefficient (Wildman–Crippen LogP) is 3.01. The molecule has 0 amide bonds. The molecule has 18 heavy (non-hydrogen) atoms. The van der Waals surface area contributed by atoms with Crippen molar-refractivity contribution in [2.24, 2.45) is 11.7 Å². The second kappa shape index (κ2) is 5.61. The molecule has 1 fully saturated rings. The predicted molar refractivity (Wildman–Crippen MR) is 76.0 cm³/mol.